The number of Topliss-reactive ketones (excluding diaryl/α,β-unsaturated/α-hetero) is 1. The molecule has 114 valence electrons. The zero-order valence-electron chi connectivity index (χ0n) is 11.7. The van der Waals surface area contributed by atoms with Crippen molar-refractivity contribution in [3.05, 3.63) is 35.1 Å². The van der Waals surface area contributed by atoms with Gasteiger partial charge in [-0.1, -0.05) is 6.92 Å². The first-order valence-electron chi connectivity index (χ1n) is 6.91. The highest BCUT2D eigenvalue weighted by Crippen LogP contribution is 2.23. The van der Waals surface area contributed by atoms with E-state index < -0.39 is 28.9 Å². The van der Waals surface area contributed by atoms with Crippen molar-refractivity contribution < 1.29 is 22.8 Å². The molecular formula is C15H16F3NO2. The van der Waals surface area contributed by atoms with Crippen LogP contribution in [-0.2, 0) is 4.79 Å². The Bertz CT molecular complexity index is 566. The first-order valence-corrected chi connectivity index (χ1v) is 6.91. The van der Waals surface area contributed by atoms with Gasteiger partial charge < -0.3 is 4.90 Å². The molecule has 2 rings (SSSR count). The summed E-state index contributed by atoms with van der Waals surface area (Å²) in [4.78, 5) is 25.1. The molecule has 0 atom stereocenters. The maximum Gasteiger partial charge on any atom is 0.256 e. The Kier molecular flexibility index (Phi) is 4.65. The normalized spacial score (nSPS) is 16.1. The van der Waals surface area contributed by atoms with Gasteiger partial charge in [-0.25, -0.2) is 13.2 Å². The Hall–Kier alpha value is -1.85. The Balaban J connectivity index is 2.09. The van der Waals surface area contributed by atoms with Crippen molar-refractivity contribution in [1.82, 2.24) is 4.90 Å². The number of piperidine rings is 1. The maximum absolute atomic E-state index is 13.6. The molecule has 1 heterocycles. The summed E-state index contributed by atoms with van der Waals surface area (Å²) in [6.07, 6.45) is 1.49. The van der Waals surface area contributed by atoms with Gasteiger partial charge in [0.15, 0.2) is 17.5 Å². The van der Waals surface area contributed by atoms with Gasteiger partial charge in [-0.2, -0.15) is 0 Å². The summed E-state index contributed by atoms with van der Waals surface area (Å²) in [5, 5.41) is 0. The number of rotatable bonds is 3. The monoisotopic (exact) mass is 299 g/mol. The van der Waals surface area contributed by atoms with E-state index in [9.17, 15) is 22.8 Å². The molecule has 1 amide bonds. The van der Waals surface area contributed by atoms with Gasteiger partial charge in [-0.15, -0.1) is 0 Å². The van der Waals surface area contributed by atoms with E-state index in [1.54, 1.807) is 6.92 Å². The highest BCUT2D eigenvalue weighted by molar-refractivity contribution is 5.94. The smallest absolute Gasteiger partial charge is 0.256 e. The fourth-order valence-corrected chi connectivity index (χ4v) is 2.55. The topological polar surface area (TPSA) is 37.4 Å². The molecule has 1 saturated heterocycles. The van der Waals surface area contributed by atoms with Crippen molar-refractivity contribution in [3.63, 3.8) is 0 Å². The lowest BCUT2D eigenvalue weighted by molar-refractivity contribution is -0.123. The molecule has 1 aromatic carbocycles. The van der Waals surface area contributed by atoms with E-state index in [1.807, 2.05) is 0 Å². The molecule has 21 heavy (non-hydrogen) atoms. The first kappa shape index (κ1) is 15.5. The van der Waals surface area contributed by atoms with Crippen molar-refractivity contribution >= 4 is 11.7 Å². The van der Waals surface area contributed by atoms with Gasteiger partial charge in [0, 0.05) is 25.4 Å². The number of benzene rings is 1. The Labute approximate surface area is 120 Å². The lowest BCUT2D eigenvalue weighted by Crippen LogP contribution is -2.40. The van der Waals surface area contributed by atoms with E-state index in [4.69, 9.17) is 0 Å². The number of hydrogen-bond acceptors (Lipinski definition) is 2. The zero-order valence-corrected chi connectivity index (χ0v) is 11.7. The van der Waals surface area contributed by atoms with E-state index in [-0.39, 0.29) is 11.7 Å². The van der Waals surface area contributed by atoms with Crippen LogP contribution >= 0.6 is 0 Å². The quantitative estimate of drug-likeness (QED) is 0.805. The summed E-state index contributed by atoms with van der Waals surface area (Å²) in [6.45, 7) is 2.41. The average Bonchev–Trinajstić information content (AvgIpc) is 2.51. The molecule has 1 aliphatic heterocycles. The zero-order chi connectivity index (χ0) is 15.6. The molecule has 1 aliphatic rings. The molecule has 0 N–H and O–H groups in total. The lowest BCUT2D eigenvalue weighted by atomic mass is 9.91. The second kappa shape index (κ2) is 6.28. The SMILES string of the molecule is CCC(=O)C1CCN(C(=O)c2ccc(F)c(F)c2F)CC1. The fourth-order valence-electron chi connectivity index (χ4n) is 2.55. The summed E-state index contributed by atoms with van der Waals surface area (Å²) >= 11 is 0. The average molecular weight is 299 g/mol. The largest absolute Gasteiger partial charge is 0.339 e. The number of likely N-dealkylation sites (tertiary alicyclic amines) is 1. The third kappa shape index (κ3) is 3.09. The number of nitrogens with zero attached hydrogens (tertiary/aromatic N) is 1. The van der Waals surface area contributed by atoms with Crippen LogP contribution in [0.1, 0.15) is 36.5 Å². The van der Waals surface area contributed by atoms with Crippen molar-refractivity contribution in [2.24, 2.45) is 5.92 Å². The van der Waals surface area contributed by atoms with Gasteiger partial charge in [0.25, 0.3) is 5.91 Å². The summed E-state index contributed by atoms with van der Waals surface area (Å²) in [5.41, 5.74) is -0.478. The van der Waals surface area contributed by atoms with Crippen LogP contribution < -0.4 is 0 Å². The number of carbonyl (C=O) groups excluding carboxylic acids is 2. The van der Waals surface area contributed by atoms with Crippen molar-refractivity contribution in [2.45, 2.75) is 26.2 Å². The molecule has 0 saturated carbocycles. The minimum absolute atomic E-state index is 0.0751. The van der Waals surface area contributed by atoms with Gasteiger partial charge >= 0.3 is 0 Å². The van der Waals surface area contributed by atoms with Crippen LogP contribution in [0.4, 0.5) is 13.2 Å². The van der Waals surface area contributed by atoms with Crippen LogP contribution in [0.5, 0.6) is 0 Å². The molecule has 0 bridgehead atoms. The molecule has 0 unspecified atom stereocenters. The number of amides is 1. The molecule has 0 radical (unpaired) electrons. The minimum Gasteiger partial charge on any atom is -0.339 e. The van der Waals surface area contributed by atoms with Gasteiger partial charge in [0.05, 0.1) is 5.56 Å². The fraction of sp³-hybridized carbons (Fsp3) is 0.467. The van der Waals surface area contributed by atoms with E-state index in [2.05, 4.69) is 0 Å². The van der Waals surface area contributed by atoms with Crippen molar-refractivity contribution in [3.8, 4) is 0 Å². The minimum atomic E-state index is -1.64. The van der Waals surface area contributed by atoms with Crippen LogP contribution in [0.2, 0.25) is 0 Å². The molecule has 0 aromatic heterocycles. The highest BCUT2D eigenvalue weighted by Gasteiger charge is 2.29. The van der Waals surface area contributed by atoms with Gasteiger partial charge in [0.1, 0.15) is 5.78 Å². The number of carbonyl (C=O) groups is 2. The Morgan fingerprint density at radius 3 is 2.33 bits per heavy atom. The Morgan fingerprint density at radius 1 is 1.14 bits per heavy atom. The molecule has 1 aromatic rings. The number of halogens is 3. The van der Waals surface area contributed by atoms with Gasteiger partial charge in [0.2, 0.25) is 0 Å². The molecule has 6 heteroatoms. The van der Waals surface area contributed by atoms with Crippen LogP contribution in [-0.4, -0.2) is 29.7 Å². The molecule has 3 nitrogen and oxygen atoms in total. The predicted octanol–water partition coefficient (Wildman–Crippen LogP) is 2.94. The summed E-state index contributed by atoms with van der Waals surface area (Å²) in [6, 6.07) is 1.68. The molecule has 0 spiro atoms. The second-order valence-corrected chi connectivity index (χ2v) is 5.11. The third-order valence-corrected chi connectivity index (χ3v) is 3.85. The number of hydrogen-bond donors (Lipinski definition) is 0. The summed E-state index contributed by atoms with van der Waals surface area (Å²) < 4.78 is 39.6. The van der Waals surface area contributed by atoms with Crippen molar-refractivity contribution in [1.29, 1.82) is 0 Å². The maximum atomic E-state index is 13.6. The van der Waals surface area contributed by atoms with Crippen LogP contribution in [0.25, 0.3) is 0 Å². The summed E-state index contributed by atoms with van der Waals surface area (Å²) in [5.74, 6) is -5.02. The van der Waals surface area contributed by atoms with Crippen LogP contribution in [0, 0.1) is 23.4 Å². The van der Waals surface area contributed by atoms with E-state index in [0.29, 0.717) is 32.4 Å². The van der Waals surface area contributed by atoms with E-state index >= 15 is 0 Å². The van der Waals surface area contributed by atoms with Crippen molar-refractivity contribution in [2.75, 3.05) is 13.1 Å². The van der Waals surface area contributed by atoms with Crippen LogP contribution in [0.15, 0.2) is 12.1 Å². The van der Waals surface area contributed by atoms with Crippen LogP contribution in [0.3, 0.4) is 0 Å². The molecule has 1 fully saturated rings. The Morgan fingerprint density at radius 2 is 1.76 bits per heavy atom. The standard InChI is InChI=1S/C15H16F3NO2/c1-2-12(20)9-5-7-19(8-6-9)15(21)10-3-4-11(16)14(18)13(10)17/h3-4,9H,2,5-8H2,1H3. The second-order valence-electron chi connectivity index (χ2n) is 5.11. The lowest BCUT2D eigenvalue weighted by Gasteiger charge is -2.31. The molecule has 0 aliphatic carbocycles. The molecular weight excluding hydrogens is 283 g/mol. The number of ketones is 1. The highest BCUT2D eigenvalue weighted by atomic mass is 19.2. The van der Waals surface area contributed by atoms with E-state index in [0.717, 1.165) is 12.1 Å². The van der Waals surface area contributed by atoms with Gasteiger partial charge in [-0.3, -0.25) is 9.59 Å². The predicted molar refractivity (Wildman–Crippen MR) is 70.2 cm³/mol. The van der Waals surface area contributed by atoms with Gasteiger partial charge in [-0.05, 0) is 25.0 Å². The third-order valence-electron chi connectivity index (χ3n) is 3.85. The first-order chi connectivity index (χ1) is 9.95. The summed E-state index contributed by atoms with van der Waals surface area (Å²) in [7, 11) is 0. The van der Waals surface area contributed by atoms with E-state index in [1.165, 1.54) is 4.90 Å².